The van der Waals surface area contributed by atoms with Crippen LogP contribution in [-0.2, 0) is 28.2 Å². The zero-order valence-corrected chi connectivity index (χ0v) is 29.5. The summed E-state index contributed by atoms with van der Waals surface area (Å²) in [7, 11) is -4.76. The van der Waals surface area contributed by atoms with E-state index >= 15 is 0 Å². The summed E-state index contributed by atoms with van der Waals surface area (Å²) in [5.74, 6) is -0.202. The second-order valence-electron chi connectivity index (χ2n) is 11.8. The number of aliphatic hydroxyl groups excluding tert-OH is 1. The van der Waals surface area contributed by atoms with Gasteiger partial charge in [-0.25, -0.2) is 4.57 Å². The predicted molar refractivity (Wildman–Crippen MR) is 185 cm³/mol. The highest BCUT2D eigenvalue weighted by molar-refractivity contribution is 7.46. The molecule has 0 bridgehead atoms. The molecule has 0 aromatic carbocycles. The van der Waals surface area contributed by atoms with Gasteiger partial charge in [-0.15, -0.1) is 0 Å². The molecule has 2 atom stereocenters. The largest absolute Gasteiger partial charge is 0.469 e. The zero-order valence-electron chi connectivity index (χ0n) is 28.6. The fourth-order valence-electron chi connectivity index (χ4n) is 4.44. The number of ether oxygens (including phenoxy) is 2. The number of carbonyl (C=O) groups excluding carboxylic acids is 2. The molecule has 0 radical (unpaired) electrons. The first-order chi connectivity index (χ1) is 22.2. The lowest BCUT2D eigenvalue weighted by Gasteiger charge is -2.18. The SMILES string of the molecule is CCC(C)CCCCCCCCC(=O)O[C@H](COC(=O)CCC/C=C\C/C=C\C/C=C\C/C=C\CCCCCO)COP(=O)(O)O. The number of hydrogen-bond acceptors (Lipinski definition) is 7. The van der Waals surface area contributed by atoms with Gasteiger partial charge in [0.05, 0.1) is 6.61 Å². The Kier molecular flexibility index (Phi) is 30.2. The van der Waals surface area contributed by atoms with Crippen molar-refractivity contribution >= 4 is 19.8 Å². The van der Waals surface area contributed by atoms with E-state index in [9.17, 15) is 14.2 Å². The maximum absolute atomic E-state index is 12.3. The lowest BCUT2D eigenvalue weighted by atomic mass is 10.00. The molecule has 0 aromatic heterocycles. The van der Waals surface area contributed by atoms with E-state index in [1.165, 1.54) is 25.7 Å². The van der Waals surface area contributed by atoms with Crippen molar-refractivity contribution < 1.29 is 43.0 Å². The van der Waals surface area contributed by atoms with Gasteiger partial charge >= 0.3 is 19.8 Å². The Balaban J connectivity index is 4.11. The molecule has 3 N–H and O–H groups in total. The smallest absolute Gasteiger partial charge is 0.462 e. The number of phosphoric acid groups is 1. The molecule has 0 saturated carbocycles. The number of carbonyl (C=O) groups is 2. The number of aliphatic hydroxyl groups is 1. The van der Waals surface area contributed by atoms with E-state index < -0.39 is 32.5 Å². The van der Waals surface area contributed by atoms with E-state index in [1.54, 1.807) is 0 Å². The fourth-order valence-corrected chi connectivity index (χ4v) is 4.80. The van der Waals surface area contributed by atoms with Gasteiger partial charge in [-0.2, -0.15) is 0 Å². The van der Waals surface area contributed by atoms with Crippen LogP contribution in [0.2, 0.25) is 0 Å². The first-order valence-electron chi connectivity index (χ1n) is 17.4. The summed E-state index contributed by atoms with van der Waals surface area (Å²) >= 11 is 0. The Hall–Kier alpha value is -2.03. The summed E-state index contributed by atoms with van der Waals surface area (Å²) in [6, 6.07) is 0. The van der Waals surface area contributed by atoms with Crippen LogP contribution in [0, 0.1) is 5.92 Å². The van der Waals surface area contributed by atoms with Gasteiger partial charge in [-0.1, -0.05) is 114 Å². The molecule has 0 aromatic rings. The summed E-state index contributed by atoms with van der Waals surface area (Å²) in [6.45, 7) is 3.88. The average Bonchev–Trinajstić information content (AvgIpc) is 3.02. The number of rotatable bonds is 31. The number of allylic oxidation sites excluding steroid dienone is 8. The molecule has 0 saturated heterocycles. The Morgan fingerprint density at radius 3 is 1.78 bits per heavy atom. The van der Waals surface area contributed by atoms with Crippen molar-refractivity contribution in [1.29, 1.82) is 0 Å². The monoisotopic (exact) mass is 670 g/mol. The van der Waals surface area contributed by atoms with Crippen molar-refractivity contribution in [3.8, 4) is 0 Å². The molecule has 0 spiro atoms. The minimum atomic E-state index is -4.76. The average molecular weight is 671 g/mol. The van der Waals surface area contributed by atoms with E-state index in [0.29, 0.717) is 19.3 Å². The fraction of sp³-hybridized carbons (Fsp3) is 0.722. The standard InChI is InChI=1S/C36H63O9P/c1-3-33(2)27-23-19-16-17-21-25-29-36(39)45-34(32-44-46(40,41)42)31-43-35(38)28-24-20-15-13-11-9-7-5-4-6-8-10-12-14-18-22-26-30-37/h4,6-7,9-10,12-13,15,33-34,37H,3,5,8,11,14,16-32H2,1-2H3,(H2,40,41,42)/b6-4-,9-7-,12-10-,15-13-/t33?,34-/m1/s1. The zero-order chi connectivity index (χ0) is 34.1. The molecule has 9 nitrogen and oxygen atoms in total. The van der Waals surface area contributed by atoms with Crippen LogP contribution in [0.1, 0.15) is 136 Å². The van der Waals surface area contributed by atoms with Gasteiger partial charge in [0.1, 0.15) is 6.61 Å². The van der Waals surface area contributed by atoms with Crippen molar-refractivity contribution in [3.63, 3.8) is 0 Å². The summed E-state index contributed by atoms with van der Waals surface area (Å²) < 4.78 is 26.1. The molecule has 0 rings (SSSR count). The molecule has 0 fully saturated rings. The van der Waals surface area contributed by atoms with Crippen molar-refractivity contribution in [2.75, 3.05) is 19.8 Å². The molecule has 0 amide bonds. The highest BCUT2D eigenvalue weighted by atomic mass is 31.2. The highest BCUT2D eigenvalue weighted by Crippen LogP contribution is 2.36. The number of hydrogen-bond donors (Lipinski definition) is 3. The third-order valence-corrected chi connectivity index (χ3v) is 7.93. The van der Waals surface area contributed by atoms with Gasteiger partial charge in [0.15, 0.2) is 6.10 Å². The molecule has 266 valence electrons. The van der Waals surface area contributed by atoms with Crippen LogP contribution in [0.3, 0.4) is 0 Å². The topological polar surface area (TPSA) is 140 Å². The van der Waals surface area contributed by atoms with Gasteiger partial charge in [0.2, 0.25) is 0 Å². The van der Waals surface area contributed by atoms with Gasteiger partial charge in [-0.05, 0) is 63.7 Å². The number of unbranched alkanes of at least 4 members (excludes halogenated alkanes) is 9. The first kappa shape index (κ1) is 44.0. The van der Waals surface area contributed by atoms with E-state index in [-0.39, 0.29) is 26.1 Å². The third kappa shape index (κ3) is 33.3. The van der Waals surface area contributed by atoms with Crippen molar-refractivity contribution in [3.05, 3.63) is 48.6 Å². The lowest BCUT2D eigenvalue weighted by molar-refractivity contribution is -0.161. The van der Waals surface area contributed by atoms with E-state index in [2.05, 4.69) is 54.8 Å². The van der Waals surface area contributed by atoms with Crippen molar-refractivity contribution in [1.82, 2.24) is 0 Å². The minimum absolute atomic E-state index is 0.180. The van der Waals surface area contributed by atoms with E-state index in [0.717, 1.165) is 70.1 Å². The predicted octanol–water partition coefficient (Wildman–Crippen LogP) is 8.84. The minimum Gasteiger partial charge on any atom is -0.462 e. The second-order valence-corrected chi connectivity index (χ2v) is 13.1. The summed E-state index contributed by atoms with van der Waals surface area (Å²) in [6.07, 6.45) is 33.0. The molecule has 46 heavy (non-hydrogen) atoms. The van der Waals surface area contributed by atoms with Gasteiger partial charge < -0.3 is 24.4 Å². The summed E-state index contributed by atoms with van der Waals surface area (Å²) in [5, 5.41) is 8.75. The van der Waals surface area contributed by atoms with Crippen LogP contribution in [0.5, 0.6) is 0 Å². The van der Waals surface area contributed by atoms with E-state index in [1.807, 2.05) is 12.2 Å². The maximum atomic E-state index is 12.3. The highest BCUT2D eigenvalue weighted by Gasteiger charge is 2.22. The van der Waals surface area contributed by atoms with Crippen LogP contribution in [-0.4, -0.2) is 52.8 Å². The lowest BCUT2D eigenvalue weighted by Crippen LogP contribution is -2.29. The van der Waals surface area contributed by atoms with Crippen LogP contribution in [0.4, 0.5) is 0 Å². The van der Waals surface area contributed by atoms with Gasteiger partial charge in [0.25, 0.3) is 0 Å². The molecular formula is C36H63O9P. The quantitative estimate of drug-likeness (QED) is 0.0286. The Bertz CT molecular complexity index is 907. The first-order valence-corrected chi connectivity index (χ1v) is 19.0. The Labute approximate surface area is 278 Å². The number of phosphoric ester groups is 1. The molecule has 10 heteroatoms. The molecule has 0 aliphatic carbocycles. The Morgan fingerprint density at radius 1 is 0.674 bits per heavy atom. The second kappa shape index (κ2) is 31.6. The maximum Gasteiger partial charge on any atom is 0.469 e. The molecule has 0 heterocycles. The van der Waals surface area contributed by atoms with Crippen LogP contribution in [0.15, 0.2) is 48.6 Å². The van der Waals surface area contributed by atoms with Gasteiger partial charge in [-0.3, -0.25) is 14.1 Å². The van der Waals surface area contributed by atoms with Crippen molar-refractivity contribution in [2.24, 2.45) is 5.92 Å². The Morgan fingerprint density at radius 2 is 1.20 bits per heavy atom. The van der Waals surface area contributed by atoms with E-state index in [4.69, 9.17) is 24.4 Å². The summed E-state index contributed by atoms with van der Waals surface area (Å²) in [5.41, 5.74) is 0. The normalized spacial score (nSPS) is 13.8. The van der Waals surface area contributed by atoms with Crippen molar-refractivity contribution in [2.45, 2.75) is 142 Å². The molecule has 0 aliphatic rings. The molecule has 1 unspecified atom stereocenters. The van der Waals surface area contributed by atoms with Crippen LogP contribution >= 0.6 is 7.82 Å². The summed E-state index contributed by atoms with van der Waals surface area (Å²) in [4.78, 5) is 42.5. The number of esters is 2. The molecular weight excluding hydrogens is 607 g/mol. The van der Waals surface area contributed by atoms with Crippen LogP contribution < -0.4 is 0 Å². The molecule has 0 aliphatic heterocycles. The van der Waals surface area contributed by atoms with Gasteiger partial charge in [0, 0.05) is 19.4 Å². The third-order valence-electron chi connectivity index (χ3n) is 7.45. The van der Waals surface area contributed by atoms with Crippen LogP contribution in [0.25, 0.3) is 0 Å².